The van der Waals surface area contributed by atoms with E-state index < -0.39 is 5.97 Å². The third-order valence-corrected chi connectivity index (χ3v) is 6.32. The highest BCUT2D eigenvalue weighted by Crippen LogP contribution is 2.28. The van der Waals surface area contributed by atoms with Gasteiger partial charge in [0.2, 0.25) is 11.7 Å². The van der Waals surface area contributed by atoms with Gasteiger partial charge < -0.3 is 19.2 Å². The summed E-state index contributed by atoms with van der Waals surface area (Å²) in [5, 5.41) is 14.1. The summed E-state index contributed by atoms with van der Waals surface area (Å²) < 4.78 is 17.9. The summed E-state index contributed by atoms with van der Waals surface area (Å²) in [7, 11) is 1.30. The molecule has 3 aromatic heterocycles. The molecule has 0 radical (unpaired) electrons. The van der Waals surface area contributed by atoms with Crippen molar-refractivity contribution in [3.8, 4) is 11.6 Å². The lowest BCUT2D eigenvalue weighted by Crippen LogP contribution is -2.18. The summed E-state index contributed by atoms with van der Waals surface area (Å²) in [6.45, 7) is 1.33. The number of thioether (sulfide) groups is 1. The van der Waals surface area contributed by atoms with Crippen LogP contribution in [0, 0.1) is 0 Å². The molecule has 30 heavy (non-hydrogen) atoms. The number of thiophene rings is 1. The monoisotopic (exact) mass is 448 g/mol. The minimum Gasteiger partial charge on any atom is -0.465 e. The molecule has 0 aliphatic carbocycles. The topological polar surface area (TPSA) is 108 Å². The molecule has 4 heterocycles. The molecule has 1 atom stereocenters. The number of carbonyl (C=O) groups is 2. The number of nitrogens with zero attached hydrogens (tertiary/aromatic N) is 3. The molecule has 1 saturated heterocycles. The summed E-state index contributed by atoms with van der Waals surface area (Å²) in [4.78, 5) is 24.2. The first kappa shape index (κ1) is 20.6. The van der Waals surface area contributed by atoms with Crippen LogP contribution in [0.15, 0.2) is 39.4 Å². The normalized spacial score (nSPS) is 16.0. The second-order valence-electron chi connectivity index (χ2n) is 6.52. The SMILES string of the molecule is COC(=O)c1ccsc1NC(=O)CSc1nnc(-c2ccco2)n1CC1CCCO1. The van der Waals surface area contributed by atoms with Crippen molar-refractivity contribution in [2.75, 3.05) is 24.8 Å². The average molecular weight is 449 g/mol. The summed E-state index contributed by atoms with van der Waals surface area (Å²) in [5.41, 5.74) is 0.336. The highest BCUT2D eigenvalue weighted by molar-refractivity contribution is 7.99. The minimum absolute atomic E-state index is 0.0802. The zero-order valence-electron chi connectivity index (χ0n) is 16.2. The Balaban J connectivity index is 1.46. The van der Waals surface area contributed by atoms with Gasteiger partial charge >= 0.3 is 5.97 Å². The number of ether oxygens (including phenoxy) is 2. The number of nitrogens with one attached hydrogen (secondary N) is 1. The number of aromatic nitrogens is 3. The van der Waals surface area contributed by atoms with Crippen LogP contribution in [0.4, 0.5) is 5.00 Å². The van der Waals surface area contributed by atoms with E-state index in [1.54, 1.807) is 23.8 Å². The van der Waals surface area contributed by atoms with Gasteiger partial charge in [-0.1, -0.05) is 11.8 Å². The van der Waals surface area contributed by atoms with E-state index >= 15 is 0 Å². The Labute approximate surface area is 180 Å². The summed E-state index contributed by atoms with van der Waals surface area (Å²) in [5.74, 6) is 0.584. The van der Waals surface area contributed by atoms with Crippen LogP contribution < -0.4 is 5.32 Å². The number of amides is 1. The Morgan fingerprint density at radius 1 is 1.40 bits per heavy atom. The largest absolute Gasteiger partial charge is 0.465 e. The van der Waals surface area contributed by atoms with E-state index in [1.165, 1.54) is 30.2 Å². The van der Waals surface area contributed by atoms with Gasteiger partial charge in [-0.15, -0.1) is 21.5 Å². The van der Waals surface area contributed by atoms with E-state index in [0.717, 1.165) is 19.4 Å². The van der Waals surface area contributed by atoms with E-state index in [-0.39, 0.29) is 17.8 Å². The second-order valence-corrected chi connectivity index (χ2v) is 8.38. The number of carbonyl (C=O) groups excluding carboxylic acids is 2. The Kier molecular flexibility index (Phi) is 6.50. The number of hydrogen-bond donors (Lipinski definition) is 1. The van der Waals surface area contributed by atoms with Crippen molar-refractivity contribution >= 4 is 40.0 Å². The van der Waals surface area contributed by atoms with Gasteiger partial charge in [0, 0.05) is 6.61 Å². The average Bonchev–Trinajstić information content (AvgIpc) is 3.53. The molecule has 158 valence electrons. The molecule has 0 spiro atoms. The molecule has 1 aliphatic rings. The third kappa shape index (κ3) is 4.58. The number of methoxy groups -OCH3 is 1. The summed E-state index contributed by atoms with van der Waals surface area (Å²) in [6.07, 6.45) is 3.66. The quantitative estimate of drug-likeness (QED) is 0.413. The fraction of sp³-hybridized carbons (Fsp3) is 0.368. The maximum absolute atomic E-state index is 12.5. The smallest absolute Gasteiger partial charge is 0.340 e. The van der Waals surface area contributed by atoms with Crippen molar-refractivity contribution in [1.82, 2.24) is 14.8 Å². The number of furan rings is 1. The Morgan fingerprint density at radius 2 is 2.30 bits per heavy atom. The molecule has 1 N–H and O–H groups in total. The van der Waals surface area contributed by atoms with Gasteiger partial charge in [0.25, 0.3) is 0 Å². The zero-order valence-corrected chi connectivity index (χ0v) is 17.8. The lowest BCUT2D eigenvalue weighted by Gasteiger charge is -2.13. The van der Waals surface area contributed by atoms with E-state index in [9.17, 15) is 9.59 Å². The molecular formula is C19H20N4O5S2. The number of anilines is 1. The van der Waals surface area contributed by atoms with Crippen LogP contribution in [0.1, 0.15) is 23.2 Å². The van der Waals surface area contributed by atoms with Crippen LogP contribution in [-0.2, 0) is 20.8 Å². The highest BCUT2D eigenvalue weighted by Gasteiger charge is 2.23. The van der Waals surface area contributed by atoms with Crippen molar-refractivity contribution in [2.45, 2.75) is 30.6 Å². The lowest BCUT2D eigenvalue weighted by atomic mass is 10.2. The maximum atomic E-state index is 12.5. The molecule has 1 unspecified atom stereocenters. The number of esters is 1. The first-order valence-corrected chi connectivity index (χ1v) is 11.2. The zero-order chi connectivity index (χ0) is 20.9. The van der Waals surface area contributed by atoms with Crippen LogP contribution in [-0.4, -0.2) is 52.2 Å². The van der Waals surface area contributed by atoms with Crippen LogP contribution in [0.25, 0.3) is 11.6 Å². The molecule has 1 aliphatic heterocycles. The minimum atomic E-state index is -0.487. The van der Waals surface area contributed by atoms with E-state index in [1.807, 2.05) is 10.6 Å². The fourth-order valence-corrected chi connectivity index (χ4v) is 4.65. The molecule has 3 aromatic rings. The second kappa shape index (κ2) is 9.45. The number of rotatable bonds is 8. The first-order chi connectivity index (χ1) is 14.7. The van der Waals surface area contributed by atoms with E-state index in [0.29, 0.717) is 33.9 Å². The predicted octanol–water partition coefficient (Wildman–Crippen LogP) is 3.30. The predicted molar refractivity (Wildman–Crippen MR) is 112 cm³/mol. The first-order valence-electron chi connectivity index (χ1n) is 9.33. The highest BCUT2D eigenvalue weighted by atomic mass is 32.2. The van der Waals surface area contributed by atoms with Gasteiger partial charge in [0.15, 0.2) is 10.9 Å². The Bertz CT molecular complexity index is 1010. The lowest BCUT2D eigenvalue weighted by molar-refractivity contribution is -0.113. The Morgan fingerprint density at radius 3 is 3.03 bits per heavy atom. The molecular weight excluding hydrogens is 428 g/mol. The molecule has 11 heteroatoms. The molecule has 1 fully saturated rings. The van der Waals surface area contributed by atoms with Gasteiger partial charge in [-0.05, 0) is 36.4 Å². The van der Waals surface area contributed by atoms with Crippen molar-refractivity contribution < 1.29 is 23.5 Å². The van der Waals surface area contributed by atoms with Gasteiger partial charge in [-0.2, -0.15) is 0 Å². The van der Waals surface area contributed by atoms with E-state index in [2.05, 4.69) is 15.5 Å². The van der Waals surface area contributed by atoms with Crippen molar-refractivity contribution in [3.05, 3.63) is 35.4 Å². The van der Waals surface area contributed by atoms with Crippen LogP contribution >= 0.6 is 23.1 Å². The van der Waals surface area contributed by atoms with Gasteiger partial charge in [0.1, 0.15) is 5.00 Å². The van der Waals surface area contributed by atoms with Crippen LogP contribution in [0.3, 0.4) is 0 Å². The van der Waals surface area contributed by atoms with Gasteiger partial charge in [-0.25, -0.2) is 4.79 Å². The maximum Gasteiger partial charge on any atom is 0.340 e. The van der Waals surface area contributed by atoms with Crippen LogP contribution in [0.5, 0.6) is 0 Å². The molecule has 0 saturated carbocycles. The van der Waals surface area contributed by atoms with Crippen molar-refractivity contribution in [1.29, 1.82) is 0 Å². The van der Waals surface area contributed by atoms with Crippen LogP contribution in [0.2, 0.25) is 0 Å². The molecule has 9 nitrogen and oxygen atoms in total. The standard InChI is InChI=1S/C19H20N4O5S2/c1-26-18(25)13-6-9-29-17(13)20-15(24)11-30-19-22-21-16(14-5-3-8-28-14)23(19)10-12-4-2-7-27-12/h3,5-6,8-9,12H,2,4,7,10-11H2,1H3,(H,20,24). The summed E-state index contributed by atoms with van der Waals surface area (Å²) in [6, 6.07) is 5.23. The van der Waals surface area contributed by atoms with Crippen molar-refractivity contribution in [3.63, 3.8) is 0 Å². The molecule has 4 rings (SSSR count). The fourth-order valence-electron chi connectivity index (χ4n) is 3.11. The summed E-state index contributed by atoms with van der Waals surface area (Å²) >= 11 is 2.53. The third-order valence-electron chi connectivity index (χ3n) is 4.52. The molecule has 1 amide bonds. The van der Waals surface area contributed by atoms with Crippen molar-refractivity contribution in [2.24, 2.45) is 0 Å². The van der Waals surface area contributed by atoms with Gasteiger partial charge in [-0.3, -0.25) is 9.36 Å². The number of hydrogen-bond acceptors (Lipinski definition) is 9. The molecule has 0 bridgehead atoms. The van der Waals surface area contributed by atoms with E-state index in [4.69, 9.17) is 13.9 Å². The van der Waals surface area contributed by atoms with Gasteiger partial charge in [0.05, 0.1) is 37.3 Å². The molecule has 0 aromatic carbocycles. The Hall–Kier alpha value is -2.63.